The van der Waals surface area contributed by atoms with E-state index in [0.717, 1.165) is 0 Å². The molecule has 0 spiro atoms. The van der Waals surface area contributed by atoms with Crippen molar-refractivity contribution in [3.05, 3.63) is 81.5 Å². The van der Waals surface area contributed by atoms with Crippen LogP contribution in [-0.4, -0.2) is 53.8 Å². The normalized spacial score (nSPS) is 16.4. The lowest BCUT2D eigenvalue weighted by molar-refractivity contribution is -0.116. The Morgan fingerprint density at radius 1 is 1.14 bits per heavy atom. The minimum absolute atomic E-state index is 0.139. The second-order valence-electron chi connectivity index (χ2n) is 8.12. The van der Waals surface area contributed by atoms with Gasteiger partial charge in [-0.25, -0.2) is 4.98 Å². The van der Waals surface area contributed by atoms with E-state index < -0.39 is 0 Å². The van der Waals surface area contributed by atoms with Crippen LogP contribution in [0, 0.1) is 0 Å². The number of hydrogen-bond donors (Lipinski definition) is 0. The van der Waals surface area contributed by atoms with Gasteiger partial charge in [0, 0.05) is 47.1 Å². The van der Waals surface area contributed by atoms with Crippen LogP contribution in [0.1, 0.15) is 33.3 Å². The summed E-state index contributed by atoms with van der Waals surface area (Å²) in [7, 11) is 0. The van der Waals surface area contributed by atoms with E-state index in [1.54, 1.807) is 47.4 Å². The van der Waals surface area contributed by atoms with Crippen LogP contribution >= 0.6 is 0 Å². The van der Waals surface area contributed by atoms with Crippen molar-refractivity contribution in [2.45, 2.75) is 6.92 Å². The molecule has 2 amide bonds. The van der Waals surface area contributed by atoms with Gasteiger partial charge >= 0.3 is 0 Å². The first-order valence-corrected chi connectivity index (χ1v) is 11.0. The molecule has 1 fully saturated rings. The van der Waals surface area contributed by atoms with Crippen LogP contribution in [0.25, 0.3) is 27.4 Å². The summed E-state index contributed by atoms with van der Waals surface area (Å²) in [6.45, 7) is 3.38. The largest absolute Gasteiger partial charge is 0.378 e. The van der Waals surface area contributed by atoms with Crippen LogP contribution in [0.3, 0.4) is 0 Å². The zero-order chi connectivity index (χ0) is 24.5. The number of para-hydroxylation sites is 1. The standard InChI is InChI=1S/C25H20N6O4/c1-15(32)31-22-5-3-2-4-18(22)24(33)23(31)14-17-13-21(28-29-26)19-12-16(6-7-20(19)27-17)25(34)30-8-10-35-11-9-30/h2-7,12-14H,8-11H2,1H3/b23-14+. The lowest BCUT2D eigenvalue weighted by Gasteiger charge is -2.27. The molecule has 0 radical (unpaired) electrons. The number of ketones is 1. The first-order chi connectivity index (χ1) is 17.0. The number of carbonyl (C=O) groups excluding carboxylic acids is 3. The predicted octanol–water partition coefficient (Wildman–Crippen LogP) is 4.24. The van der Waals surface area contributed by atoms with Gasteiger partial charge in [0.1, 0.15) is 0 Å². The minimum atomic E-state index is -0.308. The molecule has 3 heterocycles. The number of carbonyl (C=O) groups is 3. The summed E-state index contributed by atoms with van der Waals surface area (Å²) in [6.07, 6.45) is 1.51. The average Bonchev–Trinajstić information content (AvgIpc) is 3.15. The highest BCUT2D eigenvalue weighted by Crippen LogP contribution is 2.36. The highest BCUT2D eigenvalue weighted by atomic mass is 16.5. The number of ether oxygens (including phenoxy) is 1. The molecule has 0 atom stereocenters. The van der Waals surface area contributed by atoms with Crippen LogP contribution in [0.5, 0.6) is 0 Å². The quantitative estimate of drug-likeness (QED) is 0.246. The number of allylic oxidation sites excluding steroid dienone is 1. The molecule has 0 saturated carbocycles. The van der Waals surface area contributed by atoms with Crippen molar-refractivity contribution >= 4 is 46.0 Å². The van der Waals surface area contributed by atoms with E-state index >= 15 is 0 Å². The molecular formula is C25H20N6O4. The molecule has 35 heavy (non-hydrogen) atoms. The molecule has 1 aromatic heterocycles. The molecule has 10 heteroatoms. The summed E-state index contributed by atoms with van der Waals surface area (Å²) in [5, 5.41) is 4.30. The number of amides is 2. The Hall–Kier alpha value is -4.53. The van der Waals surface area contributed by atoms with Gasteiger partial charge in [-0.15, -0.1) is 0 Å². The van der Waals surface area contributed by atoms with E-state index in [4.69, 9.17) is 10.3 Å². The molecule has 2 aliphatic heterocycles. The number of aromatic nitrogens is 1. The molecule has 0 aliphatic carbocycles. The monoisotopic (exact) mass is 468 g/mol. The van der Waals surface area contributed by atoms with Gasteiger partial charge in [-0.2, -0.15) is 0 Å². The van der Waals surface area contributed by atoms with Crippen molar-refractivity contribution in [2.75, 3.05) is 31.2 Å². The van der Waals surface area contributed by atoms with E-state index in [1.807, 2.05) is 0 Å². The third-order valence-electron chi connectivity index (χ3n) is 5.97. The van der Waals surface area contributed by atoms with E-state index in [0.29, 0.717) is 59.7 Å². The number of morpholine rings is 1. The van der Waals surface area contributed by atoms with E-state index in [2.05, 4.69) is 15.0 Å². The van der Waals surface area contributed by atoms with Crippen molar-refractivity contribution in [3.8, 4) is 0 Å². The fraction of sp³-hybridized carbons (Fsp3) is 0.200. The molecule has 3 aromatic rings. The second-order valence-corrected chi connectivity index (χ2v) is 8.12. The molecule has 0 bridgehead atoms. The predicted molar refractivity (Wildman–Crippen MR) is 129 cm³/mol. The van der Waals surface area contributed by atoms with Crippen molar-refractivity contribution in [1.29, 1.82) is 0 Å². The first-order valence-electron chi connectivity index (χ1n) is 11.0. The zero-order valence-electron chi connectivity index (χ0n) is 18.8. The van der Waals surface area contributed by atoms with Gasteiger partial charge in [0.05, 0.1) is 35.8 Å². The Kier molecular flexibility index (Phi) is 5.74. The molecule has 174 valence electrons. The number of nitrogens with zero attached hydrogens (tertiary/aromatic N) is 6. The highest BCUT2D eigenvalue weighted by Gasteiger charge is 2.34. The first kappa shape index (κ1) is 22.3. The minimum Gasteiger partial charge on any atom is -0.378 e. The number of rotatable bonds is 3. The van der Waals surface area contributed by atoms with E-state index in [-0.39, 0.29) is 29.0 Å². The number of Topliss-reactive ketones (excluding diaryl/α,β-unsaturated/α-hetero) is 1. The Balaban J connectivity index is 1.59. The van der Waals surface area contributed by atoms with Crippen LogP contribution in [0.15, 0.2) is 59.3 Å². The van der Waals surface area contributed by atoms with Crippen molar-refractivity contribution in [1.82, 2.24) is 9.88 Å². The number of azide groups is 1. The van der Waals surface area contributed by atoms with Gasteiger partial charge in [-0.1, -0.05) is 17.2 Å². The molecule has 1 saturated heterocycles. The maximum absolute atomic E-state index is 13.0. The van der Waals surface area contributed by atoms with Crippen molar-refractivity contribution < 1.29 is 19.1 Å². The van der Waals surface area contributed by atoms with E-state index in [1.165, 1.54) is 24.0 Å². The Morgan fingerprint density at radius 3 is 2.66 bits per heavy atom. The van der Waals surface area contributed by atoms with Crippen LogP contribution in [0.4, 0.5) is 11.4 Å². The highest BCUT2D eigenvalue weighted by molar-refractivity contribution is 6.26. The number of benzene rings is 2. The SMILES string of the molecule is CC(=O)N1/C(=C/c2cc(N=[N+]=[N-])c3cc(C(=O)N4CCOCC4)ccc3n2)C(=O)c2ccccc21. The Bertz CT molecular complexity index is 1470. The van der Waals surface area contributed by atoms with Crippen LogP contribution < -0.4 is 4.90 Å². The average molecular weight is 468 g/mol. The fourth-order valence-electron chi connectivity index (χ4n) is 4.35. The summed E-state index contributed by atoms with van der Waals surface area (Å²) in [6, 6.07) is 13.4. The summed E-state index contributed by atoms with van der Waals surface area (Å²) < 4.78 is 5.31. The van der Waals surface area contributed by atoms with Gasteiger partial charge in [0.15, 0.2) is 0 Å². The van der Waals surface area contributed by atoms with Crippen molar-refractivity contribution in [3.63, 3.8) is 0 Å². The summed E-state index contributed by atoms with van der Waals surface area (Å²) in [5.41, 5.74) is 11.8. The van der Waals surface area contributed by atoms with Gasteiger partial charge in [0.25, 0.3) is 5.91 Å². The van der Waals surface area contributed by atoms with Crippen molar-refractivity contribution in [2.24, 2.45) is 5.11 Å². The zero-order valence-corrected chi connectivity index (χ0v) is 18.8. The Morgan fingerprint density at radius 2 is 1.91 bits per heavy atom. The van der Waals surface area contributed by atoms with Gasteiger partial charge in [-0.05, 0) is 48.0 Å². The fourth-order valence-corrected chi connectivity index (χ4v) is 4.35. The molecule has 0 N–H and O–H groups in total. The lowest BCUT2D eigenvalue weighted by atomic mass is 10.1. The summed E-state index contributed by atoms with van der Waals surface area (Å²) in [4.78, 5) is 48.9. The number of pyridine rings is 1. The topological polar surface area (TPSA) is 129 Å². The maximum atomic E-state index is 13.0. The van der Waals surface area contributed by atoms with Gasteiger partial charge in [0.2, 0.25) is 11.7 Å². The maximum Gasteiger partial charge on any atom is 0.254 e. The van der Waals surface area contributed by atoms with Gasteiger partial charge in [-0.3, -0.25) is 19.3 Å². The number of anilines is 1. The van der Waals surface area contributed by atoms with Crippen LogP contribution in [-0.2, 0) is 9.53 Å². The van der Waals surface area contributed by atoms with Gasteiger partial charge < -0.3 is 9.64 Å². The van der Waals surface area contributed by atoms with E-state index in [9.17, 15) is 14.4 Å². The molecule has 2 aliphatic rings. The molecule has 2 aromatic carbocycles. The molecular weight excluding hydrogens is 448 g/mol. The molecule has 5 rings (SSSR count). The molecule has 10 nitrogen and oxygen atoms in total. The Labute approximate surface area is 200 Å². The molecule has 0 unspecified atom stereocenters. The third-order valence-corrected chi connectivity index (χ3v) is 5.97. The number of hydrogen-bond acceptors (Lipinski definition) is 6. The smallest absolute Gasteiger partial charge is 0.254 e. The second kappa shape index (κ2) is 9.02. The van der Waals surface area contributed by atoms with Crippen LogP contribution in [0.2, 0.25) is 0 Å². The lowest BCUT2D eigenvalue weighted by Crippen LogP contribution is -2.40. The number of fused-ring (bicyclic) bond motifs is 2. The summed E-state index contributed by atoms with van der Waals surface area (Å²) in [5.74, 6) is -0.744. The third kappa shape index (κ3) is 4.01. The summed E-state index contributed by atoms with van der Waals surface area (Å²) >= 11 is 0.